The Morgan fingerprint density at radius 3 is 2.30 bits per heavy atom. The Kier molecular flexibility index (Phi) is 5.83. The maximum atomic E-state index is 11.0. The number of thioether (sulfide) groups is 1. The number of rotatable bonds is 5. The summed E-state index contributed by atoms with van der Waals surface area (Å²) < 4.78 is 0.506. The van der Waals surface area contributed by atoms with E-state index in [1.165, 1.54) is 12.1 Å². The summed E-state index contributed by atoms with van der Waals surface area (Å²) in [6, 6.07) is 3.55. The van der Waals surface area contributed by atoms with Gasteiger partial charge < -0.3 is 4.90 Å². The van der Waals surface area contributed by atoms with Crippen LogP contribution in [0.15, 0.2) is 23.1 Å². The van der Waals surface area contributed by atoms with Crippen LogP contribution in [-0.4, -0.2) is 32.2 Å². The van der Waals surface area contributed by atoms with Crippen molar-refractivity contribution in [3.05, 3.63) is 38.4 Å². The van der Waals surface area contributed by atoms with Gasteiger partial charge in [0.25, 0.3) is 11.4 Å². The number of benzene rings is 1. The molecule has 1 aromatic rings. The predicted octanol–water partition coefficient (Wildman–Crippen LogP) is 3.22. The van der Waals surface area contributed by atoms with E-state index in [0.29, 0.717) is 22.3 Å². The van der Waals surface area contributed by atoms with Crippen LogP contribution in [0.1, 0.15) is 13.8 Å². The van der Waals surface area contributed by atoms with Gasteiger partial charge in [-0.05, 0) is 19.9 Å². The Balaban J connectivity index is 3.09. The molecule has 0 heterocycles. The highest BCUT2D eigenvalue weighted by molar-refractivity contribution is 8.23. The van der Waals surface area contributed by atoms with Gasteiger partial charge in [0.1, 0.15) is 4.32 Å². The van der Waals surface area contributed by atoms with Gasteiger partial charge >= 0.3 is 0 Å². The molecule has 0 amide bonds. The number of nitrogens with zero attached hydrogens (tertiary/aromatic N) is 3. The molecule has 0 aliphatic rings. The van der Waals surface area contributed by atoms with E-state index in [4.69, 9.17) is 12.2 Å². The third-order valence-electron chi connectivity index (χ3n) is 2.57. The molecule has 0 fully saturated rings. The average Bonchev–Trinajstić information content (AvgIpc) is 2.39. The zero-order valence-corrected chi connectivity index (χ0v) is 12.6. The van der Waals surface area contributed by atoms with Gasteiger partial charge in [0, 0.05) is 19.2 Å². The molecule has 1 rings (SSSR count). The second kappa shape index (κ2) is 7.15. The molecule has 0 saturated heterocycles. The van der Waals surface area contributed by atoms with Crippen molar-refractivity contribution >= 4 is 39.7 Å². The average molecular weight is 315 g/mol. The molecule has 0 N–H and O–H groups in total. The van der Waals surface area contributed by atoms with Crippen LogP contribution in [-0.2, 0) is 0 Å². The van der Waals surface area contributed by atoms with E-state index in [-0.39, 0.29) is 11.4 Å². The lowest BCUT2D eigenvalue weighted by Gasteiger charge is -2.20. The van der Waals surface area contributed by atoms with Crippen molar-refractivity contribution in [2.45, 2.75) is 18.7 Å². The van der Waals surface area contributed by atoms with Crippen LogP contribution < -0.4 is 0 Å². The highest BCUT2D eigenvalue weighted by Crippen LogP contribution is 2.33. The second-order valence-corrected chi connectivity index (χ2v) is 5.38. The molecule has 108 valence electrons. The first-order valence-corrected chi connectivity index (χ1v) is 7.02. The summed E-state index contributed by atoms with van der Waals surface area (Å²) >= 11 is 6.29. The Morgan fingerprint density at radius 1 is 1.25 bits per heavy atom. The van der Waals surface area contributed by atoms with Crippen molar-refractivity contribution in [3.8, 4) is 0 Å². The molecule has 0 aliphatic carbocycles. The first-order chi connectivity index (χ1) is 9.40. The molecule has 0 aromatic heterocycles. The summed E-state index contributed by atoms with van der Waals surface area (Å²) in [5, 5.41) is 21.7. The SMILES string of the molecule is CCN(CC)C(=S)Sc1ccc([N+](=O)[O-])cc1[N+](=O)[O-]. The van der Waals surface area contributed by atoms with Gasteiger partial charge in [-0.2, -0.15) is 0 Å². The molecule has 0 bridgehead atoms. The quantitative estimate of drug-likeness (QED) is 0.356. The highest BCUT2D eigenvalue weighted by atomic mass is 32.2. The van der Waals surface area contributed by atoms with Gasteiger partial charge in [-0.25, -0.2) is 0 Å². The van der Waals surface area contributed by atoms with Crippen LogP contribution in [0.5, 0.6) is 0 Å². The van der Waals surface area contributed by atoms with E-state index >= 15 is 0 Å². The Morgan fingerprint density at radius 2 is 1.85 bits per heavy atom. The largest absolute Gasteiger partial charge is 0.358 e. The molecule has 20 heavy (non-hydrogen) atoms. The summed E-state index contributed by atoms with van der Waals surface area (Å²) in [7, 11) is 0. The number of thiocarbonyl (C=S) groups is 1. The molecule has 7 nitrogen and oxygen atoms in total. The number of non-ortho nitro benzene ring substituents is 1. The van der Waals surface area contributed by atoms with E-state index in [2.05, 4.69) is 0 Å². The lowest BCUT2D eigenvalue weighted by Crippen LogP contribution is -2.26. The number of hydrogen-bond acceptors (Lipinski definition) is 6. The first-order valence-electron chi connectivity index (χ1n) is 5.80. The Hall–Kier alpha value is -1.74. The summed E-state index contributed by atoms with van der Waals surface area (Å²) in [4.78, 5) is 22.5. The Bertz CT molecular complexity index is 546. The first kappa shape index (κ1) is 16.3. The predicted molar refractivity (Wildman–Crippen MR) is 81.1 cm³/mol. The minimum absolute atomic E-state index is 0.303. The monoisotopic (exact) mass is 315 g/mol. The minimum Gasteiger partial charge on any atom is -0.358 e. The topological polar surface area (TPSA) is 89.5 Å². The molecule has 0 atom stereocenters. The van der Waals surface area contributed by atoms with Gasteiger partial charge in [0.2, 0.25) is 0 Å². The van der Waals surface area contributed by atoms with Crippen LogP contribution in [0.4, 0.5) is 11.4 Å². The molecule has 9 heteroatoms. The fraction of sp³-hybridized carbons (Fsp3) is 0.364. The molecule has 0 radical (unpaired) electrons. The number of nitro groups is 2. The van der Waals surface area contributed by atoms with Gasteiger partial charge in [-0.1, -0.05) is 24.0 Å². The lowest BCUT2D eigenvalue weighted by atomic mass is 10.3. The molecule has 1 aromatic carbocycles. The fourth-order valence-electron chi connectivity index (χ4n) is 1.49. The molecule has 0 unspecified atom stereocenters. The van der Waals surface area contributed by atoms with Gasteiger partial charge in [-0.3, -0.25) is 20.2 Å². The van der Waals surface area contributed by atoms with Crippen LogP contribution in [0, 0.1) is 20.2 Å². The lowest BCUT2D eigenvalue weighted by molar-refractivity contribution is -0.396. The van der Waals surface area contributed by atoms with E-state index in [9.17, 15) is 20.2 Å². The zero-order valence-electron chi connectivity index (χ0n) is 10.9. The van der Waals surface area contributed by atoms with Crippen molar-refractivity contribution in [1.82, 2.24) is 4.90 Å². The summed E-state index contributed by atoms with van der Waals surface area (Å²) in [5.74, 6) is 0. The maximum Gasteiger partial charge on any atom is 0.290 e. The van der Waals surface area contributed by atoms with Gasteiger partial charge in [-0.15, -0.1) is 0 Å². The van der Waals surface area contributed by atoms with E-state index in [1.807, 2.05) is 18.7 Å². The van der Waals surface area contributed by atoms with E-state index in [1.54, 1.807) is 0 Å². The number of hydrogen-bond donors (Lipinski definition) is 0. The maximum absolute atomic E-state index is 11.0. The van der Waals surface area contributed by atoms with Crippen LogP contribution >= 0.6 is 24.0 Å². The van der Waals surface area contributed by atoms with Crippen molar-refractivity contribution in [3.63, 3.8) is 0 Å². The second-order valence-electron chi connectivity index (χ2n) is 3.71. The molecular formula is C11H13N3O4S2. The smallest absolute Gasteiger partial charge is 0.290 e. The van der Waals surface area contributed by atoms with E-state index < -0.39 is 9.85 Å². The van der Waals surface area contributed by atoms with Gasteiger partial charge in [0.15, 0.2) is 0 Å². The van der Waals surface area contributed by atoms with Gasteiger partial charge in [0.05, 0.1) is 20.8 Å². The van der Waals surface area contributed by atoms with Crippen LogP contribution in [0.25, 0.3) is 0 Å². The summed E-state index contributed by atoms with van der Waals surface area (Å²) in [6.07, 6.45) is 0. The fourth-order valence-corrected chi connectivity index (χ4v) is 2.97. The third-order valence-corrected chi connectivity index (χ3v) is 4.08. The number of nitro benzene ring substituents is 2. The standard InChI is InChI=1S/C11H13N3O4S2/c1-3-12(4-2)11(19)20-10-6-5-8(13(15)16)7-9(10)14(17)18/h5-7H,3-4H2,1-2H3. The molecular weight excluding hydrogens is 302 g/mol. The van der Waals surface area contributed by atoms with E-state index in [0.717, 1.165) is 17.8 Å². The molecule has 0 saturated carbocycles. The van der Waals surface area contributed by atoms with Crippen molar-refractivity contribution in [1.29, 1.82) is 0 Å². The molecule has 0 spiro atoms. The highest BCUT2D eigenvalue weighted by Gasteiger charge is 2.21. The van der Waals surface area contributed by atoms with Crippen LogP contribution in [0.3, 0.4) is 0 Å². The zero-order chi connectivity index (χ0) is 15.3. The minimum atomic E-state index is -0.663. The third kappa shape index (κ3) is 3.87. The summed E-state index contributed by atoms with van der Waals surface area (Å²) in [5.41, 5.74) is -0.617. The Labute approximate surface area is 125 Å². The van der Waals surface area contributed by atoms with Crippen molar-refractivity contribution < 1.29 is 9.85 Å². The van der Waals surface area contributed by atoms with Crippen molar-refractivity contribution in [2.24, 2.45) is 0 Å². The normalized spacial score (nSPS) is 10.1. The van der Waals surface area contributed by atoms with Crippen LogP contribution in [0.2, 0.25) is 0 Å². The molecule has 0 aliphatic heterocycles. The summed E-state index contributed by atoms with van der Waals surface area (Å²) in [6.45, 7) is 5.26. The van der Waals surface area contributed by atoms with Crippen molar-refractivity contribution in [2.75, 3.05) is 13.1 Å².